The molecule has 248 valence electrons. The number of hydrogen-bond acceptors (Lipinski definition) is 4. The molecule has 4 rings (SSSR count). The minimum atomic E-state index is -4.26. The molecule has 0 aliphatic heterocycles. The number of benzene rings is 4. The summed E-state index contributed by atoms with van der Waals surface area (Å²) in [5.41, 5.74) is 2.47. The van der Waals surface area contributed by atoms with Crippen molar-refractivity contribution in [2.24, 2.45) is 0 Å². The van der Waals surface area contributed by atoms with Crippen LogP contribution in [0.5, 0.6) is 0 Å². The third-order valence-corrected chi connectivity index (χ3v) is 10.0. The molecule has 0 aromatic heterocycles. The van der Waals surface area contributed by atoms with Gasteiger partial charge < -0.3 is 10.2 Å². The maximum atomic E-state index is 14.7. The van der Waals surface area contributed by atoms with Crippen LogP contribution in [0.2, 0.25) is 15.1 Å². The summed E-state index contributed by atoms with van der Waals surface area (Å²) in [4.78, 5) is 30.1. The molecule has 11 heteroatoms. The molecule has 4 aromatic rings. The smallest absolute Gasteiger partial charge is 0.264 e. The molecule has 2 amide bonds. The zero-order valence-corrected chi connectivity index (χ0v) is 30.0. The Morgan fingerprint density at radius 2 is 1.45 bits per heavy atom. The number of carbonyl (C=O) groups is 2. The van der Waals surface area contributed by atoms with Gasteiger partial charge in [0.05, 0.1) is 10.6 Å². The van der Waals surface area contributed by atoms with Gasteiger partial charge in [-0.15, -0.1) is 0 Å². The summed E-state index contributed by atoms with van der Waals surface area (Å²) in [5, 5.41) is 4.16. The largest absolute Gasteiger partial charge is 0.350 e. The lowest BCUT2D eigenvalue weighted by Crippen LogP contribution is -2.56. The van der Waals surface area contributed by atoms with Crippen molar-refractivity contribution in [2.75, 3.05) is 10.8 Å². The van der Waals surface area contributed by atoms with Gasteiger partial charge in [0.1, 0.15) is 12.6 Å². The third kappa shape index (κ3) is 9.51. The Morgan fingerprint density at radius 1 is 0.830 bits per heavy atom. The van der Waals surface area contributed by atoms with Crippen LogP contribution in [0.4, 0.5) is 5.69 Å². The highest BCUT2D eigenvalue weighted by molar-refractivity contribution is 7.92. The van der Waals surface area contributed by atoms with E-state index in [4.69, 9.17) is 34.8 Å². The molecule has 0 heterocycles. The first kappa shape index (κ1) is 36.3. The minimum absolute atomic E-state index is 0.0175. The van der Waals surface area contributed by atoms with Crippen LogP contribution in [0.25, 0.3) is 0 Å². The van der Waals surface area contributed by atoms with Gasteiger partial charge in [-0.1, -0.05) is 88.9 Å². The second-order valence-electron chi connectivity index (χ2n) is 12.5. The fourth-order valence-electron chi connectivity index (χ4n) is 5.09. The summed E-state index contributed by atoms with van der Waals surface area (Å²) in [5.74, 6) is -0.999. The highest BCUT2D eigenvalue weighted by Crippen LogP contribution is 2.30. The molecular weight excluding hydrogens is 677 g/mol. The summed E-state index contributed by atoms with van der Waals surface area (Å²) in [6, 6.07) is 24.4. The van der Waals surface area contributed by atoms with Crippen molar-refractivity contribution >= 4 is 62.3 Å². The van der Waals surface area contributed by atoms with Crippen LogP contribution in [0.3, 0.4) is 0 Å². The molecule has 47 heavy (non-hydrogen) atoms. The van der Waals surface area contributed by atoms with E-state index < -0.39 is 40.0 Å². The Bertz CT molecular complexity index is 1840. The summed E-state index contributed by atoms with van der Waals surface area (Å²) >= 11 is 19.0. The van der Waals surface area contributed by atoms with Crippen LogP contribution in [0.15, 0.2) is 95.9 Å². The molecular formula is C36H38Cl3N3O4S. The van der Waals surface area contributed by atoms with E-state index in [0.29, 0.717) is 26.2 Å². The van der Waals surface area contributed by atoms with Crippen molar-refractivity contribution in [1.29, 1.82) is 0 Å². The van der Waals surface area contributed by atoms with Crippen molar-refractivity contribution in [3.05, 3.63) is 128 Å². The van der Waals surface area contributed by atoms with Gasteiger partial charge in [0.2, 0.25) is 11.8 Å². The van der Waals surface area contributed by atoms with Crippen LogP contribution < -0.4 is 9.62 Å². The fourth-order valence-corrected chi connectivity index (χ4v) is 7.26. The number of aryl methyl sites for hydroxylation is 2. The van der Waals surface area contributed by atoms with E-state index in [2.05, 4.69) is 5.32 Å². The summed E-state index contributed by atoms with van der Waals surface area (Å²) in [6.45, 7) is 8.46. The van der Waals surface area contributed by atoms with Gasteiger partial charge in [0, 0.05) is 33.6 Å². The standard InChI is InChI=1S/C36H38Cl3N3O4S/c1-24-11-16-30(17-12-24)47(45,46)42(32-18-15-28(37)19-25(32)2)23-34(43)41(22-27-13-14-29(38)21-31(27)39)33(35(44)40-36(3,4)5)20-26-9-7-6-8-10-26/h6-19,21,33H,20,22-23H2,1-5H3,(H,40,44)/t33-/m1/s1. The average Bonchev–Trinajstić information content (AvgIpc) is 2.98. The number of hydrogen-bond donors (Lipinski definition) is 1. The Morgan fingerprint density at radius 3 is 2.04 bits per heavy atom. The topological polar surface area (TPSA) is 86.8 Å². The Kier molecular flexibility index (Phi) is 11.7. The van der Waals surface area contributed by atoms with Crippen molar-refractivity contribution in [1.82, 2.24) is 10.2 Å². The number of amides is 2. The van der Waals surface area contributed by atoms with Crippen molar-refractivity contribution in [2.45, 2.75) is 64.1 Å². The first-order valence-electron chi connectivity index (χ1n) is 15.0. The summed E-state index contributed by atoms with van der Waals surface area (Å²) < 4.78 is 29.6. The predicted octanol–water partition coefficient (Wildman–Crippen LogP) is 8.01. The Labute approximate surface area is 292 Å². The van der Waals surface area contributed by atoms with Crippen LogP contribution in [-0.4, -0.2) is 43.3 Å². The molecule has 0 saturated heterocycles. The molecule has 4 aromatic carbocycles. The van der Waals surface area contributed by atoms with Crippen LogP contribution in [0.1, 0.15) is 43.0 Å². The molecule has 0 unspecified atom stereocenters. The van der Waals surface area contributed by atoms with E-state index in [1.165, 1.54) is 17.0 Å². The lowest BCUT2D eigenvalue weighted by molar-refractivity contribution is -0.140. The van der Waals surface area contributed by atoms with Crippen LogP contribution >= 0.6 is 34.8 Å². The average molecular weight is 715 g/mol. The second-order valence-corrected chi connectivity index (χ2v) is 15.6. The number of rotatable bonds is 11. The maximum Gasteiger partial charge on any atom is 0.264 e. The zero-order chi connectivity index (χ0) is 34.5. The van der Waals surface area contributed by atoms with Gasteiger partial charge in [0.15, 0.2) is 0 Å². The number of carbonyl (C=O) groups excluding carboxylic acids is 2. The molecule has 0 aliphatic rings. The second kappa shape index (κ2) is 15.1. The summed E-state index contributed by atoms with van der Waals surface area (Å²) in [6.07, 6.45) is 0.171. The SMILES string of the molecule is Cc1ccc(S(=O)(=O)N(CC(=O)N(Cc2ccc(Cl)cc2Cl)[C@H](Cc2ccccc2)C(=O)NC(C)(C)C)c2ccc(Cl)cc2C)cc1. The first-order valence-corrected chi connectivity index (χ1v) is 17.6. The number of nitrogens with one attached hydrogen (secondary N) is 1. The first-order chi connectivity index (χ1) is 22.0. The van der Waals surface area contributed by atoms with Gasteiger partial charge in [0.25, 0.3) is 10.0 Å². The molecule has 0 spiro atoms. The number of sulfonamides is 1. The highest BCUT2D eigenvalue weighted by atomic mass is 35.5. The Balaban J connectivity index is 1.86. The predicted molar refractivity (Wildman–Crippen MR) is 191 cm³/mol. The van der Waals surface area contributed by atoms with Crippen molar-refractivity contribution in [3.63, 3.8) is 0 Å². The van der Waals surface area contributed by atoms with E-state index in [1.54, 1.807) is 55.5 Å². The molecule has 0 aliphatic carbocycles. The minimum Gasteiger partial charge on any atom is -0.350 e. The highest BCUT2D eigenvalue weighted by Gasteiger charge is 2.36. The van der Waals surface area contributed by atoms with Gasteiger partial charge >= 0.3 is 0 Å². The molecule has 0 fully saturated rings. The number of nitrogens with zero attached hydrogens (tertiary/aromatic N) is 2. The van der Waals surface area contributed by atoms with Crippen LogP contribution in [0, 0.1) is 13.8 Å². The van der Waals surface area contributed by atoms with Gasteiger partial charge in [-0.3, -0.25) is 13.9 Å². The molecule has 1 atom stereocenters. The van der Waals surface area contributed by atoms with Gasteiger partial charge in [-0.05, 0) is 93.8 Å². The Hall–Kier alpha value is -3.56. The van der Waals surface area contributed by atoms with Crippen molar-refractivity contribution in [3.8, 4) is 0 Å². The molecule has 0 radical (unpaired) electrons. The van der Waals surface area contributed by atoms with E-state index in [1.807, 2.05) is 58.0 Å². The molecule has 1 N–H and O–H groups in total. The lowest BCUT2D eigenvalue weighted by atomic mass is 10.0. The van der Waals surface area contributed by atoms with Gasteiger partial charge in [-0.25, -0.2) is 8.42 Å². The van der Waals surface area contributed by atoms with Gasteiger partial charge in [-0.2, -0.15) is 0 Å². The number of anilines is 1. The van der Waals surface area contributed by atoms with E-state index >= 15 is 0 Å². The zero-order valence-electron chi connectivity index (χ0n) is 26.9. The summed E-state index contributed by atoms with van der Waals surface area (Å²) in [7, 11) is -4.26. The monoisotopic (exact) mass is 713 g/mol. The molecule has 0 bridgehead atoms. The quantitative estimate of drug-likeness (QED) is 0.171. The van der Waals surface area contributed by atoms with Crippen molar-refractivity contribution < 1.29 is 18.0 Å². The lowest BCUT2D eigenvalue weighted by Gasteiger charge is -2.35. The van der Waals surface area contributed by atoms with E-state index in [9.17, 15) is 18.0 Å². The third-order valence-electron chi connectivity index (χ3n) is 7.44. The van der Waals surface area contributed by atoms with Crippen LogP contribution in [-0.2, 0) is 32.6 Å². The molecule has 0 saturated carbocycles. The normalized spacial score (nSPS) is 12.3. The number of halogens is 3. The fraction of sp³-hybridized carbons (Fsp3) is 0.278. The van der Waals surface area contributed by atoms with E-state index in [-0.39, 0.29) is 23.5 Å². The van der Waals surface area contributed by atoms with E-state index in [0.717, 1.165) is 15.4 Å². The molecule has 7 nitrogen and oxygen atoms in total. The maximum absolute atomic E-state index is 14.7.